The van der Waals surface area contributed by atoms with Crippen molar-refractivity contribution in [2.24, 2.45) is 0 Å². The normalized spacial score (nSPS) is 22.9. The lowest BCUT2D eigenvalue weighted by atomic mass is 10.3. The van der Waals surface area contributed by atoms with Crippen molar-refractivity contribution in [1.29, 1.82) is 0 Å². The fourth-order valence-electron chi connectivity index (χ4n) is 1.85. The van der Waals surface area contributed by atoms with Gasteiger partial charge in [-0.3, -0.25) is 28.9 Å². The Morgan fingerprint density at radius 1 is 0.700 bits per heavy atom. The van der Waals surface area contributed by atoms with Crippen LogP contribution < -0.4 is 0 Å². The van der Waals surface area contributed by atoms with Crippen LogP contribution >= 0.6 is 0 Å². The number of imide groups is 2. The molecule has 0 aromatic rings. The number of hydroxylamine groups is 4. The van der Waals surface area contributed by atoms with Crippen molar-refractivity contribution in [2.75, 3.05) is 0 Å². The lowest BCUT2D eigenvalue weighted by Crippen LogP contribution is -2.42. The molecular weight excluding hydrogens is 268 g/mol. The average Bonchev–Trinajstić information content (AvgIpc) is 2.88. The molecule has 0 N–H and O–H groups in total. The first-order chi connectivity index (χ1) is 9.40. The van der Waals surface area contributed by atoms with Crippen LogP contribution in [0.25, 0.3) is 0 Å². The van der Waals surface area contributed by atoms with Gasteiger partial charge in [0.15, 0.2) is 0 Å². The van der Waals surface area contributed by atoms with Gasteiger partial charge in [-0.25, -0.2) is 0 Å². The van der Waals surface area contributed by atoms with E-state index in [9.17, 15) is 19.2 Å². The van der Waals surface area contributed by atoms with Crippen molar-refractivity contribution in [3.63, 3.8) is 0 Å². The van der Waals surface area contributed by atoms with E-state index in [1.807, 2.05) is 0 Å². The van der Waals surface area contributed by atoms with Gasteiger partial charge < -0.3 is 0 Å². The Hall–Kier alpha value is -1.80. The summed E-state index contributed by atoms with van der Waals surface area (Å²) in [4.78, 5) is 56.1. The number of carbonyl (C=O) groups excluding carboxylic acids is 4. The fourth-order valence-corrected chi connectivity index (χ4v) is 1.85. The topological polar surface area (TPSA) is 93.2 Å². The Morgan fingerprint density at radius 3 is 1.20 bits per heavy atom. The first-order valence-electron chi connectivity index (χ1n) is 6.45. The minimum Gasteiger partial charge on any atom is -0.272 e. The van der Waals surface area contributed by atoms with E-state index in [-0.39, 0.29) is 25.7 Å². The molecule has 2 aliphatic heterocycles. The van der Waals surface area contributed by atoms with Crippen molar-refractivity contribution in [3.8, 4) is 0 Å². The van der Waals surface area contributed by atoms with Crippen molar-refractivity contribution in [1.82, 2.24) is 10.1 Å². The van der Waals surface area contributed by atoms with Crippen molar-refractivity contribution >= 4 is 23.6 Å². The quantitative estimate of drug-likeness (QED) is 0.656. The van der Waals surface area contributed by atoms with Crippen LogP contribution in [0.1, 0.15) is 39.5 Å². The van der Waals surface area contributed by atoms with Gasteiger partial charge in [0.05, 0.1) is 0 Å². The molecule has 0 radical (unpaired) electrons. The summed E-state index contributed by atoms with van der Waals surface area (Å²) in [6.07, 6.45) is -0.814. The van der Waals surface area contributed by atoms with Gasteiger partial charge >= 0.3 is 0 Å². The van der Waals surface area contributed by atoms with E-state index in [2.05, 4.69) is 0 Å². The zero-order chi connectivity index (χ0) is 14.9. The zero-order valence-electron chi connectivity index (χ0n) is 11.3. The van der Waals surface area contributed by atoms with E-state index < -0.39 is 35.8 Å². The molecule has 2 heterocycles. The van der Waals surface area contributed by atoms with Crippen molar-refractivity contribution in [2.45, 2.75) is 51.7 Å². The van der Waals surface area contributed by atoms with Gasteiger partial charge in [-0.15, -0.1) is 0 Å². The minimum atomic E-state index is -0.665. The summed E-state index contributed by atoms with van der Waals surface area (Å²) in [5, 5.41) is 1.44. The molecular formula is C12H16N2O6. The maximum Gasteiger partial charge on any atom is 0.254 e. The van der Waals surface area contributed by atoms with Gasteiger partial charge in [0.2, 0.25) is 0 Å². The van der Waals surface area contributed by atoms with Gasteiger partial charge in [-0.2, -0.15) is 10.1 Å². The maximum absolute atomic E-state index is 11.4. The molecule has 0 aromatic carbocycles. The average molecular weight is 284 g/mol. The van der Waals surface area contributed by atoms with Crippen molar-refractivity contribution < 1.29 is 28.9 Å². The standard InChI is InChI=1S/C12H16N2O6/c1-7(19-13-9(15)3-4-10(13)16)8(2)20-14-11(17)5-6-12(14)18/h7-8H,3-6H2,1-2H3/t7-,8?/m0/s1. The second-order valence-corrected chi connectivity index (χ2v) is 4.78. The Kier molecular flexibility index (Phi) is 4.15. The molecule has 2 saturated heterocycles. The number of hydrogen-bond acceptors (Lipinski definition) is 6. The van der Waals surface area contributed by atoms with Gasteiger partial charge in [0, 0.05) is 25.7 Å². The number of nitrogens with zero attached hydrogens (tertiary/aromatic N) is 2. The molecule has 2 aliphatic rings. The van der Waals surface area contributed by atoms with E-state index in [1.54, 1.807) is 13.8 Å². The summed E-state index contributed by atoms with van der Waals surface area (Å²) >= 11 is 0. The molecule has 0 aromatic heterocycles. The third-order valence-corrected chi connectivity index (χ3v) is 3.22. The zero-order valence-corrected chi connectivity index (χ0v) is 11.3. The monoisotopic (exact) mass is 284 g/mol. The molecule has 2 rings (SSSR count). The van der Waals surface area contributed by atoms with Crippen LogP contribution in [0.15, 0.2) is 0 Å². The molecule has 0 aliphatic carbocycles. The molecule has 0 saturated carbocycles. The summed E-state index contributed by atoms with van der Waals surface area (Å²) < 4.78 is 0. The van der Waals surface area contributed by atoms with Crippen LogP contribution in [0.3, 0.4) is 0 Å². The largest absolute Gasteiger partial charge is 0.272 e. The highest BCUT2D eigenvalue weighted by atomic mass is 16.7. The van der Waals surface area contributed by atoms with E-state index in [4.69, 9.17) is 9.68 Å². The number of carbonyl (C=O) groups is 4. The Balaban J connectivity index is 1.90. The smallest absolute Gasteiger partial charge is 0.254 e. The number of amides is 4. The third kappa shape index (κ3) is 2.86. The highest BCUT2D eigenvalue weighted by molar-refractivity contribution is 6.01. The highest BCUT2D eigenvalue weighted by Crippen LogP contribution is 2.19. The van der Waals surface area contributed by atoms with Gasteiger partial charge in [-0.05, 0) is 13.8 Å². The third-order valence-electron chi connectivity index (χ3n) is 3.22. The fraction of sp³-hybridized carbons (Fsp3) is 0.667. The summed E-state index contributed by atoms with van der Waals surface area (Å²) in [6, 6.07) is 0. The molecule has 20 heavy (non-hydrogen) atoms. The van der Waals surface area contributed by atoms with E-state index in [0.29, 0.717) is 0 Å². The molecule has 2 fully saturated rings. The molecule has 0 bridgehead atoms. The predicted octanol–water partition coefficient (Wildman–Crippen LogP) is -0.0754. The van der Waals surface area contributed by atoms with E-state index in [0.717, 1.165) is 10.1 Å². The summed E-state index contributed by atoms with van der Waals surface area (Å²) in [5.41, 5.74) is 0. The van der Waals surface area contributed by atoms with E-state index in [1.165, 1.54) is 0 Å². The Bertz CT molecular complexity index is 389. The molecule has 4 amide bonds. The summed E-state index contributed by atoms with van der Waals surface area (Å²) in [5.74, 6) is -1.60. The molecule has 0 spiro atoms. The lowest BCUT2D eigenvalue weighted by Gasteiger charge is -2.26. The Morgan fingerprint density at radius 2 is 0.950 bits per heavy atom. The van der Waals surface area contributed by atoms with Crippen LogP contribution in [0.2, 0.25) is 0 Å². The van der Waals surface area contributed by atoms with Crippen LogP contribution in [0, 0.1) is 0 Å². The van der Waals surface area contributed by atoms with Crippen LogP contribution in [-0.2, 0) is 28.9 Å². The molecule has 2 atom stereocenters. The Labute approximate surface area is 115 Å². The molecule has 8 heteroatoms. The lowest BCUT2D eigenvalue weighted by molar-refractivity contribution is -0.245. The van der Waals surface area contributed by atoms with Gasteiger partial charge in [0.25, 0.3) is 23.6 Å². The van der Waals surface area contributed by atoms with Crippen LogP contribution in [0.5, 0.6) is 0 Å². The first kappa shape index (κ1) is 14.6. The first-order valence-corrected chi connectivity index (χ1v) is 6.45. The SMILES string of the molecule is CC(ON1C(=O)CCC1=O)[C@H](C)ON1C(=O)CCC1=O. The number of hydrogen-bond donors (Lipinski definition) is 0. The van der Waals surface area contributed by atoms with Gasteiger partial charge in [0.1, 0.15) is 12.2 Å². The van der Waals surface area contributed by atoms with Gasteiger partial charge in [-0.1, -0.05) is 0 Å². The van der Waals surface area contributed by atoms with Crippen molar-refractivity contribution in [3.05, 3.63) is 0 Å². The van der Waals surface area contributed by atoms with E-state index >= 15 is 0 Å². The molecule has 1 unspecified atom stereocenters. The predicted molar refractivity (Wildman–Crippen MR) is 63.3 cm³/mol. The second-order valence-electron chi connectivity index (χ2n) is 4.78. The van der Waals surface area contributed by atoms with Crippen LogP contribution in [0.4, 0.5) is 0 Å². The molecule has 110 valence electrons. The second kappa shape index (κ2) is 5.68. The van der Waals surface area contributed by atoms with Crippen LogP contribution in [-0.4, -0.2) is 46.0 Å². The summed E-state index contributed by atoms with van der Waals surface area (Å²) in [6.45, 7) is 3.18. The maximum atomic E-state index is 11.4. The highest BCUT2D eigenvalue weighted by Gasteiger charge is 2.36. The number of rotatable bonds is 5. The summed E-state index contributed by atoms with van der Waals surface area (Å²) in [7, 11) is 0. The molecule has 8 nitrogen and oxygen atoms in total. The minimum absolute atomic E-state index is 0.129.